The first-order valence-electron chi connectivity index (χ1n) is 8.89. The van der Waals surface area contributed by atoms with Gasteiger partial charge in [-0.05, 0) is 69.5 Å². The maximum absolute atomic E-state index is 13.6. The highest BCUT2D eigenvalue weighted by Crippen LogP contribution is 2.26. The SMILES string of the molecule is Cc1cc(-c2ccc3c(F)c[nH]c3c2)nnc1C[C@@H]1CCCN(C)C1. The van der Waals surface area contributed by atoms with Crippen LogP contribution in [-0.2, 0) is 6.42 Å². The fraction of sp³-hybridized carbons (Fsp3) is 0.400. The van der Waals surface area contributed by atoms with Crippen LogP contribution in [0.2, 0.25) is 0 Å². The summed E-state index contributed by atoms with van der Waals surface area (Å²) in [4.78, 5) is 5.35. The van der Waals surface area contributed by atoms with Crippen LogP contribution in [0.3, 0.4) is 0 Å². The number of fused-ring (bicyclic) bond motifs is 1. The Morgan fingerprint density at radius 2 is 2.16 bits per heavy atom. The molecule has 4 nitrogen and oxygen atoms in total. The van der Waals surface area contributed by atoms with Gasteiger partial charge in [0.25, 0.3) is 0 Å². The summed E-state index contributed by atoms with van der Waals surface area (Å²) < 4.78 is 13.6. The lowest BCUT2D eigenvalue weighted by atomic mass is 9.92. The van der Waals surface area contributed by atoms with E-state index in [9.17, 15) is 4.39 Å². The number of nitrogens with one attached hydrogen (secondary N) is 1. The third kappa shape index (κ3) is 3.29. The summed E-state index contributed by atoms with van der Waals surface area (Å²) in [6.45, 7) is 4.44. The molecule has 0 spiro atoms. The molecular formula is C20H23FN4. The molecule has 4 rings (SSSR count). The summed E-state index contributed by atoms with van der Waals surface area (Å²) in [6.07, 6.45) is 4.90. The normalized spacial score (nSPS) is 18.8. The molecular weight excluding hydrogens is 315 g/mol. The van der Waals surface area contributed by atoms with E-state index in [4.69, 9.17) is 0 Å². The van der Waals surface area contributed by atoms with Gasteiger partial charge < -0.3 is 9.88 Å². The number of likely N-dealkylation sites (tertiary alicyclic amines) is 1. The van der Waals surface area contributed by atoms with Gasteiger partial charge in [-0.1, -0.05) is 6.07 Å². The lowest BCUT2D eigenvalue weighted by molar-refractivity contribution is 0.208. The first-order chi connectivity index (χ1) is 12.1. The minimum absolute atomic E-state index is 0.225. The standard InChI is InChI=1S/C20H23FN4/c1-13-8-19(15-5-6-16-17(21)11-22-20(16)10-15)24-23-18(13)9-14-4-3-7-25(2)12-14/h5-6,8,10-11,14,22H,3-4,7,9,12H2,1-2H3/t14-/m0/s1. The third-order valence-electron chi connectivity index (χ3n) is 5.22. The Balaban J connectivity index is 1.57. The van der Waals surface area contributed by atoms with Gasteiger partial charge in [0.2, 0.25) is 0 Å². The van der Waals surface area contributed by atoms with E-state index < -0.39 is 0 Å². The number of halogens is 1. The number of H-pyrrole nitrogens is 1. The average Bonchev–Trinajstić information content (AvgIpc) is 2.97. The maximum atomic E-state index is 13.6. The predicted octanol–water partition coefficient (Wildman–Crippen LogP) is 3.96. The lowest BCUT2D eigenvalue weighted by Gasteiger charge is -2.29. The van der Waals surface area contributed by atoms with Crippen molar-refractivity contribution in [1.29, 1.82) is 0 Å². The fourth-order valence-corrected chi connectivity index (χ4v) is 3.82. The molecule has 0 bridgehead atoms. The van der Waals surface area contributed by atoms with Crippen molar-refractivity contribution in [2.75, 3.05) is 20.1 Å². The zero-order chi connectivity index (χ0) is 17.4. The van der Waals surface area contributed by atoms with Crippen molar-refractivity contribution in [3.05, 3.63) is 47.5 Å². The van der Waals surface area contributed by atoms with Crippen LogP contribution >= 0.6 is 0 Å². The fourth-order valence-electron chi connectivity index (χ4n) is 3.82. The number of piperidine rings is 1. The number of hydrogen-bond acceptors (Lipinski definition) is 3. The van der Waals surface area contributed by atoms with Crippen molar-refractivity contribution in [3.63, 3.8) is 0 Å². The predicted molar refractivity (Wildman–Crippen MR) is 97.9 cm³/mol. The van der Waals surface area contributed by atoms with Gasteiger partial charge in [-0.3, -0.25) is 0 Å². The highest BCUT2D eigenvalue weighted by molar-refractivity contribution is 5.84. The smallest absolute Gasteiger partial charge is 0.148 e. The number of hydrogen-bond donors (Lipinski definition) is 1. The van der Waals surface area contributed by atoms with Crippen molar-refractivity contribution in [1.82, 2.24) is 20.1 Å². The second-order valence-electron chi connectivity index (χ2n) is 7.23. The van der Waals surface area contributed by atoms with Gasteiger partial charge in [0.15, 0.2) is 0 Å². The molecule has 0 unspecified atom stereocenters. The van der Waals surface area contributed by atoms with Crippen LogP contribution in [0.25, 0.3) is 22.2 Å². The van der Waals surface area contributed by atoms with Gasteiger partial charge in [-0.25, -0.2) is 4.39 Å². The highest BCUT2D eigenvalue weighted by Gasteiger charge is 2.19. The Morgan fingerprint density at radius 1 is 1.28 bits per heavy atom. The lowest BCUT2D eigenvalue weighted by Crippen LogP contribution is -2.33. The van der Waals surface area contributed by atoms with E-state index in [0.717, 1.165) is 35.4 Å². The molecule has 0 amide bonds. The van der Waals surface area contributed by atoms with Gasteiger partial charge in [0.05, 0.1) is 11.4 Å². The molecule has 2 aromatic heterocycles. The number of benzene rings is 1. The van der Waals surface area contributed by atoms with E-state index >= 15 is 0 Å². The molecule has 1 atom stereocenters. The Hall–Kier alpha value is -2.27. The van der Waals surface area contributed by atoms with E-state index in [-0.39, 0.29) is 5.82 Å². The quantitative estimate of drug-likeness (QED) is 0.786. The van der Waals surface area contributed by atoms with E-state index in [2.05, 4.69) is 40.1 Å². The zero-order valence-electron chi connectivity index (χ0n) is 14.7. The van der Waals surface area contributed by atoms with Crippen molar-refractivity contribution < 1.29 is 4.39 Å². The van der Waals surface area contributed by atoms with Gasteiger partial charge in [-0.2, -0.15) is 10.2 Å². The maximum Gasteiger partial charge on any atom is 0.148 e. The molecule has 130 valence electrons. The number of aromatic amines is 1. The molecule has 25 heavy (non-hydrogen) atoms. The minimum Gasteiger partial charge on any atom is -0.359 e. The second kappa shape index (κ2) is 6.56. The molecule has 1 aliphatic rings. The Labute approximate surface area is 147 Å². The summed E-state index contributed by atoms with van der Waals surface area (Å²) in [5, 5.41) is 9.55. The molecule has 1 aromatic carbocycles. The number of rotatable bonds is 3. The summed E-state index contributed by atoms with van der Waals surface area (Å²) in [5.74, 6) is 0.437. The molecule has 5 heteroatoms. The highest BCUT2D eigenvalue weighted by atomic mass is 19.1. The third-order valence-corrected chi connectivity index (χ3v) is 5.22. The molecule has 3 aromatic rings. The van der Waals surface area contributed by atoms with E-state index in [1.165, 1.54) is 31.1 Å². The van der Waals surface area contributed by atoms with Crippen molar-refractivity contribution in [3.8, 4) is 11.3 Å². The molecule has 0 saturated carbocycles. The summed E-state index contributed by atoms with van der Waals surface area (Å²) in [6, 6.07) is 7.71. The molecule has 3 heterocycles. The molecule has 0 aliphatic carbocycles. The van der Waals surface area contributed by atoms with Crippen LogP contribution in [-0.4, -0.2) is 40.2 Å². The second-order valence-corrected chi connectivity index (χ2v) is 7.23. The molecule has 1 N–H and O–H groups in total. The average molecular weight is 338 g/mol. The van der Waals surface area contributed by atoms with Gasteiger partial charge >= 0.3 is 0 Å². The van der Waals surface area contributed by atoms with E-state index in [1.807, 2.05) is 12.1 Å². The number of aromatic nitrogens is 3. The van der Waals surface area contributed by atoms with Gasteiger partial charge in [0, 0.05) is 29.2 Å². The van der Waals surface area contributed by atoms with Crippen LogP contribution in [0.15, 0.2) is 30.5 Å². The largest absolute Gasteiger partial charge is 0.359 e. The monoisotopic (exact) mass is 338 g/mol. The molecule has 1 aliphatic heterocycles. The van der Waals surface area contributed by atoms with E-state index in [1.54, 1.807) is 6.07 Å². The Bertz CT molecular complexity index is 902. The number of aryl methyl sites for hydroxylation is 1. The van der Waals surface area contributed by atoms with Crippen LogP contribution < -0.4 is 0 Å². The Kier molecular flexibility index (Phi) is 4.25. The van der Waals surface area contributed by atoms with Crippen molar-refractivity contribution >= 4 is 10.9 Å². The van der Waals surface area contributed by atoms with Crippen LogP contribution in [0.5, 0.6) is 0 Å². The van der Waals surface area contributed by atoms with E-state index in [0.29, 0.717) is 11.3 Å². The molecule has 1 saturated heterocycles. The summed E-state index contributed by atoms with van der Waals surface area (Å²) in [7, 11) is 2.19. The minimum atomic E-state index is -0.225. The van der Waals surface area contributed by atoms with Gasteiger partial charge in [0.1, 0.15) is 5.82 Å². The summed E-state index contributed by atoms with van der Waals surface area (Å²) in [5.41, 5.74) is 4.84. The van der Waals surface area contributed by atoms with Crippen molar-refractivity contribution in [2.45, 2.75) is 26.2 Å². The first kappa shape index (κ1) is 16.2. The van der Waals surface area contributed by atoms with Crippen LogP contribution in [0, 0.1) is 18.7 Å². The van der Waals surface area contributed by atoms with Crippen LogP contribution in [0.1, 0.15) is 24.1 Å². The Morgan fingerprint density at radius 3 is 2.96 bits per heavy atom. The molecule has 0 radical (unpaired) electrons. The molecule has 1 fully saturated rings. The topological polar surface area (TPSA) is 44.8 Å². The zero-order valence-corrected chi connectivity index (χ0v) is 14.7. The van der Waals surface area contributed by atoms with Crippen molar-refractivity contribution in [2.24, 2.45) is 5.92 Å². The summed E-state index contributed by atoms with van der Waals surface area (Å²) >= 11 is 0. The first-order valence-corrected chi connectivity index (χ1v) is 8.89. The van der Waals surface area contributed by atoms with Gasteiger partial charge in [-0.15, -0.1) is 0 Å². The number of nitrogens with zero attached hydrogens (tertiary/aromatic N) is 3. The van der Waals surface area contributed by atoms with Crippen LogP contribution in [0.4, 0.5) is 4.39 Å².